The highest BCUT2D eigenvalue weighted by atomic mass is 127. The Bertz CT molecular complexity index is 743. The summed E-state index contributed by atoms with van der Waals surface area (Å²) in [6.07, 6.45) is 2.52. The van der Waals surface area contributed by atoms with Gasteiger partial charge < -0.3 is 20.1 Å². The van der Waals surface area contributed by atoms with Gasteiger partial charge >= 0.3 is 0 Å². The number of guanidine groups is 1. The maximum Gasteiger partial charge on any atom is 0.213 e. The predicted octanol–water partition coefficient (Wildman–Crippen LogP) is 3.67. The number of methoxy groups -OCH3 is 1. The van der Waals surface area contributed by atoms with Crippen molar-refractivity contribution in [3.8, 4) is 11.6 Å². The van der Waals surface area contributed by atoms with Crippen molar-refractivity contribution >= 4 is 41.5 Å². The quantitative estimate of drug-likeness (QED) is 0.326. The second kappa shape index (κ2) is 12.6. The fraction of sp³-hybridized carbons (Fsp3) is 0.368. The van der Waals surface area contributed by atoms with Gasteiger partial charge in [-0.15, -0.1) is 24.0 Å². The van der Waals surface area contributed by atoms with Crippen molar-refractivity contribution in [2.45, 2.75) is 19.9 Å². The number of nitrogens with zero attached hydrogens (tertiary/aromatic N) is 2. The highest BCUT2D eigenvalue weighted by molar-refractivity contribution is 14.0. The van der Waals surface area contributed by atoms with Crippen LogP contribution in [-0.2, 0) is 13.0 Å². The lowest BCUT2D eigenvalue weighted by molar-refractivity contribution is 0.326. The third-order valence-electron chi connectivity index (χ3n) is 3.72. The molecular weight excluding hydrogens is 479 g/mol. The second-order valence-electron chi connectivity index (χ2n) is 5.50. The average Bonchev–Trinajstić information content (AvgIpc) is 2.66. The van der Waals surface area contributed by atoms with Gasteiger partial charge in [0.2, 0.25) is 5.88 Å². The van der Waals surface area contributed by atoms with Crippen molar-refractivity contribution in [1.29, 1.82) is 0 Å². The number of aromatic nitrogens is 1. The van der Waals surface area contributed by atoms with E-state index in [0.29, 0.717) is 30.6 Å². The number of halogens is 2. The van der Waals surface area contributed by atoms with Crippen LogP contribution >= 0.6 is 35.6 Å². The summed E-state index contributed by atoms with van der Waals surface area (Å²) >= 11 is 6.27. The van der Waals surface area contributed by atoms with Gasteiger partial charge in [0.25, 0.3) is 0 Å². The molecule has 6 nitrogen and oxygen atoms in total. The van der Waals surface area contributed by atoms with Crippen molar-refractivity contribution in [3.63, 3.8) is 0 Å². The molecule has 1 aromatic carbocycles. The first kappa shape index (κ1) is 23.3. The van der Waals surface area contributed by atoms with E-state index < -0.39 is 0 Å². The summed E-state index contributed by atoms with van der Waals surface area (Å²) in [4.78, 5) is 8.40. The van der Waals surface area contributed by atoms with Gasteiger partial charge in [0.1, 0.15) is 5.75 Å². The van der Waals surface area contributed by atoms with Crippen LogP contribution in [0.4, 0.5) is 0 Å². The van der Waals surface area contributed by atoms with Crippen LogP contribution in [0, 0.1) is 0 Å². The van der Waals surface area contributed by atoms with E-state index >= 15 is 0 Å². The first-order valence-corrected chi connectivity index (χ1v) is 8.88. The predicted molar refractivity (Wildman–Crippen MR) is 121 cm³/mol. The van der Waals surface area contributed by atoms with Crippen LogP contribution in [0.5, 0.6) is 11.6 Å². The Labute approximate surface area is 182 Å². The number of rotatable bonds is 8. The average molecular weight is 505 g/mol. The minimum atomic E-state index is 0. The molecule has 0 saturated carbocycles. The molecule has 27 heavy (non-hydrogen) atoms. The first-order chi connectivity index (χ1) is 12.7. The molecule has 0 radical (unpaired) electrons. The number of benzene rings is 1. The summed E-state index contributed by atoms with van der Waals surface area (Å²) in [5.74, 6) is 2.11. The molecule has 1 heterocycles. The fourth-order valence-electron chi connectivity index (χ4n) is 2.37. The van der Waals surface area contributed by atoms with Gasteiger partial charge in [-0.05, 0) is 42.7 Å². The summed E-state index contributed by atoms with van der Waals surface area (Å²) in [5.41, 5.74) is 2.13. The number of pyridine rings is 1. The minimum absolute atomic E-state index is 0. The lowest BCUT2D eigenvalue weighted by atomic mass is 10.1. The zero-order valence-electron chi connectivity index (χ0n) is 15.8. The van der Waals surface area contributed by atoms with Gasteiger partial charge in [-0.1, -0.05) is 17.7 Å². The van der Waals surface area contributed by atoms with Gasteiger partial charge in [-0.2, -0.15) is 0 Å². The molecule has 148 valence electrons. The molecular formula is C19H26ClIN4O2. The van der Waals surface area contributed by atoms with Gasteiger partial charge in [-0.3, -0.25) is 4.99 Å². The molecule has 0 aliphatic heterocycles. The molecule has 2 aromatic rings. The summed E-state index contributed by atoms with van der Waals surface area (Å²) in [6, 6.07) is 9.57. The molecule has 0 fully saturated rings. The van der Waals surface area contributed by atoms with E-state index in [9.17, 15) is 0 Å². The highest BCUT2D eigenvalue weighted by Gasteiger charge is 2.04. The number of nitrogens with one attached hydrogen (secondary N) is 2. The highest BCUT2D eigenvalue weighted by Crippen LogP contribution is 2.22. The van der Waals surface area contributed by atoms with E-state index in [2.05, 4.69) is 20.6 Å². The van der Waals surface area contributed by atoms with Crippen LogP contribution in [0.25, 0.3) is 0 Å². The summed E-state index contributed by atoms with van der Waals surface area (Å²) in [5, 5.41) is 7.27. The van der Waals surface area contributed by atoms with Crippen LogP contribution in [0.3, 0.4) is 0 Å². The normalized spacial score (nSPS) is 10.7. The maximum atomic E-state index is 6.27. The number of hydrogen-bond donors (Lipinski definition) is 2. The molecule has 2 rings (SSSR count). The van der Waals surface area contributed by atoms with Crippen LogP contribution in [0.1, 0.15) is 18.1 Å². The van der Waals surface area contributed by atoms with Crippen LogP contribution in [0.2, 0.25) is 5.02 Å². The van der Waals surface area contributed by atoms with Crippen molar-refractivity contribution < 1.29 is 9.47 Å². The summed E-state index contributed by atoms with van der Waals surface area (Å²) in [7, 11) is 3.37. The van der Waals surface area contributed by atoms with Crippen molar-refractivity contribution in [1.82, 2.24) is 15.6 Å². The molecule has 0 aliphatic carbocycles. The molecule has 0 saturated heterocycles. The van der Waals surface area contributed by atoms with E-state index in [0.717, 1.165) is 29.3 Å². The Morgan fingerprint density at radius 1 is 1.22 bits per heavy atom. The van der Waals surface area contributed by atoms with Gasteiger partial charge in [0.15, 0.2) is 5.96 Å². The third-order valence-corrected chi connectivity index (χ3v) is 4.07. The number of hydrogen-bond acceptors (Lipinski definition) is 4. The standard InChI is InChI=1S/C19H25ClN4O2.HI/c1-4-26-18-11-14(7-9-22-18)13-24-19(21-2)23-10-8-15-5-6-16(25-3)12-17(15)20;/h5-7,9,11-12H,4,8,10,13H2,1-3H3,(H2,21,23,24);1H. The molecule has 0 spiro atoms. The van der Waals surface area contributed by atoms with Gasteiger partial charge in [-0.25, -0.2) is 4.98 Å². The zero-order chi connectivity index (χ0) is 18.8. The fourth-order valence-corrected chi connectivity index (χ4v) is 2.63. The van der Waals surface area contributed by atoms with Crippen LogP contribution < -0.4 is 20.1 Å². The molecule has 0 atom stereocenters. The molecule has 2 N–H and O–H groups in total. The minimum Gasteiger partial charge on any atom is -0.497 e. The lowest BCUT2D eigenvalue weighted by Crippen LogP contribution is -2.37. The molecule has 8 heteroatoms. The zero-order valence-corrected chi connectivity index (χ0v) is 18.9. The Kier molecular flexibility index (Phi) is 10.9. The Morgan fingerprint density at radius 2 is 2.04 bits per heavy atom. The Morgan fingerprint density at radius 3 is 2.70 bits per heavy atom. The molecule has 0 amide bonds. The van der Waals surface area contributed by atoms with Gasteiger partial charge in [0.05, 0.1) is 13.7 Å². The maximum absolute atomic E-state index is 6.27. The molecule has 1 aromatic heterocycles. The van der Waals surface area contributed by atoms with Crippen molar-refractivity contribution in [3.05, 3.63) is 52.7 Å². The molecule has 0 aliphatic rings. The van der Waals surface area contributed by atoms with Gasteiger partial charge in [0, 0.05) is 37.4 Å². The van der Waals surface area contributed by atoms with E-state index in [1.165, 1.54) is 0 Å². The monoisotopic (exact) mass is 504 g/mol. The smallest absolute Gasteiger partial charge is 0.213 e. The van der Waals surface area contributed by atoms with Crippen LogP contribution in [-0.4, -0.2) is 38.3 Å². The SMILES string of the molecule is CCOc1cc(CNC(=NC)NCCc2ccc(OC)cc2Cl)ccn1.I. The number of ether oxygens (including phenoxy) is 2. The van der Waals surface area contributed by atoms with E-state index in [1.54, 1.807) is 20.4 Å². The van der Waals surface area contributed by atoms with E-state index in [4.69, 9.17) is 21.1 Å². The van der Waals surface area contributed by atoms with Crippen LogP contribution in [0.15, 0.2) is 41.5 Å². The lowest BCUT2D eigenvalue weighted by Gasteiger charge is -2.13. The second-order valence-corrected chi connectivity index (χ2v) is 5.90. The van der Waals surface area contributed by atoms with Crippen molar-refractivity contribution in [2.75, 3.05) is 27.3 Å². The first-order valence-electron chi connectivity index (χ1n) is 8.51. The Balaban J connectivity index is 0.00000364. The Hall–Kier alpha value is -1.74. The van der Waals surface area contributed by atoms with E-state index in [-0.39, 0.29) is 24.0 Å². The third kappa shape index (κ3) is 7.80. The topological polar surface area (TPSA) is 67.8 Å². The number of aliphatic imine (C=N–C) groups is 1. The van der Waals surface area contributed by atoms with Crippen molar-refractivity contribution in [2.24, 2.45) is 4.99 Å². The molecule has 0 bridgehead atoms. The van der Waals surface area contributed by atoms with E-state index in [1.807, 2.05) is 37.3 Å². The summed E-state index contributed by atoms with van der Waals surface area (Å²) < 4.78 is 10.6. The molecule has 0 unspecified atom stereocenters. The summed E-state index contributed by atoms with van der Waals surface area (Å²) in [6.45, 7) is 3.88. The largest absolute Gasteiger partial charge is 0.497 e.